The molecule has 1 aromatic carbocycles. The Morgan fingerprint density at radius 2 is 1.93 bits per heavy atom. The molecule has 0 radical (unpaired) electrons. The minimum absolute atomic E-state index is 0.0458. The Morgan fingerprint density at radius 1 is 1.15 bits per heavy atom. The lowest BCUT2D eigenvalue weighted by Gasteiger charge is -2.32. The molecule has 9 heteroatoms. The molecule has 0 aliphatic carbocycles. The van der Waals surface area contributed by atoms with E-state index in [-0.39, 0.29) is 17.5 Å². The molecule has 0 N–H and O–H groups in total. The average molecular weight is 379 g/mol. The fourth-order valence-corrected chi connectivity index (χ4v) is 3.53. The second-order valence-electron chi connectivity index (χ2n) is 6.74. The van der Waals surface area contributed by atoms with Gasteiger partial charge in [-0.25, -0.2) is 9.37 Å². The Hall–Kier alpha value is -2.55. The van der Waals surface area contributed by atoms with Crippen LogP contribution in [-0.4, -0.2) is 37.6 Å². The molecule has 27 heavy (non-hydrogen) atoms. The van der Waals surface area contributed by atoms with Crippen LogP contribution < -0.4 is 0 Å². The Morgan fingerprint density at radius 3 is 2.67 bits per heavy atom. The van der Waals surface area contributed by atoms with Crippen molar-refractivity contribution in [3.63, 3.8) is 0 Å². The van der Waals surface area contributed by atoms with E-state index in [1.165, 1.54) is 12.1 Å². The highest BCUT2D eigenvalue weighted by molar-refractivity contribution is 5.33. The highest BCUT2D eigenvalue weighted by Crippen LogP contribution is 2.33. The number of hydrogen-bond donors (Lipinski definition) is 0. The van der Waals surface area contributed by atoms with Crippen LogP contribution in [0, 0.1) is 5.82 Å². The molecule has 4 rings (SSSR count). The maximum Gasteiger partial charge on any atom is 0.433 e. The van der Waals surface area contributed by atoms with Crippen LogP contribution in [0.3, 0.4) is 0 Å². The van der Waals surface area contributed by atoms with Crippen LogP contribution in [0.5, 0.6) is 0 Å². The minimum Gasteiger partial charge on any atom is -0.298 e. The highest BCUT2D eigenvalue weighted by Gasteiger charge is 2.36. The molecular formula is C18H17F4N5. The zero-order valence-corrected chi connectivity index (χ0v) is 14.3. The Bertz CT molecular complexity index is 935. The molecule has 1 atom stereocenters. The average Bonchev–Trinajstić information content (AvgIpc) is 3.11. The molecule has 5 nitrogen and oxygen atoms in total. The van der Waals surface area contributed by atoms with Gasteiger partial charge in [-0.3, -0.25) is 4.90 Å². The Balaban J connectivity index is 1.58. The maximum atomic E-state index is 13.4. The summed E-state index contributed by atoms with van der Waals surface area (Å²) in [5.74, 6) is -0.460. The molecule has 1 fully saturated rings. The number of piperidine rings is 1. The van der Waals surface area contributed by atoms with E-state index in [1.807, 2.05) is 0 Å². The summed E-state index contributed by atoms with van der Waals surface area (Å²) >= 11 is 0. The molecule has 0 bridgehead atoms. The summed E-state index contributed by atoms with van der Waals surface area (Å²) in [4.78, 5) is 10.3. The third-order valence-corrected chi connectivity index (χ3v) is 4.81. The van der Waals surface area contributed by atoms with Crippen LogP contribution in [-0.2, 0) is 12.7 Å². The maximum absolute atomic E-state index is 13.4. The van der Waals surface area contributed by atoms with Gasteiger partial charge in [0, 0.05) is 19.0 Å². The SMILES string of the molecule is Fc1ccc(CN2CCCC(c3cc(C(F)(F)F)n4ncnc4n3)C2)cc1. The highest BCUT2D eigenvalue weighted by atomic mass is 19.4. The summed E-state index contributed by atoms with van der Waals surface area (Å²) in [5.41, 5.74) is 0.483. The molecule has 0 spiro atoms. The minimum atomic E-state index is -4.54. The van der Waals surface area contributed by atoms with Gasteiger partial charge in [0.05, 0.1) is 5.69 Å². The van der Waals surface area contributed by atoms with Crippen molar-refractivity contribution >= 4 is 5.78 Å². The number of rotatable bonds is 3. The van der Waals surface area contributed by atoms with Gasteiger partial charge in [0.2, 0.25) is 0 Å². The summed E-state index contributed by atoms with van der Waals surface area (Å²) in [6.07, 6.45) is -1.85. The molecule has 1 aliphatic rings. The number of hydrogen-bond acceptors (Lipinski definition) is 4. The molecule has 2 aromatic heterocycles. The summed E-state index contributed by atoms with van der Waals surface area (Å²) in [7, 11) is 0. The molecule has 1 saturated heterocycles. The van der Waals surface area contributed by atoms with Crippen LogP contribution in [0.1, 0.15) is 35.7 Å². The van der Waals surface area contributed by atoms with Crippen LogP contribution in [0.25, 0.3) is 5.78 Å². The number of alkyl halides is 3. The number of benzene rings is 1. The summed E-state index contributed by atoms with van der Waals surface area (Å²) in [6, 6.07) is 7.34. The van der Waals surface area contributed by atoms with E-state index in [0.29, 0.717) is 18.8 Å². The van der Waals surface area contributed by atoms with Crippen molar-refractivity contribution in [1.29, 1.82) is 0 Å². The van der Waals surface area contributed by atoms with Crippen LogP contribution in [0.15, 0.2) is 36.7 Å². The lowest BCUT2D eigenvalue weighted by molar-refractivity contribution is -0.142. The van der Waals surface area contributed by atoms with E-state index in [9.17, 15) is 17.6 Å². The predicted octanol–water partition coefficient (Wildman–Crippen LogP) is 3.66. The molecule has 0 amide bonds. The van der Waals surface area contributed by atoms with Gasteiger partial charge >= 0.3 is 6.18 Å². The van der Waals surface area contributed by atoms with E-state index in [2.05, 4.69) is 20.0 Å². The first-order valence-corrected chi connectivity index (χ1v) is 8.65. The predicted molar refractivity (Wildman–Crippen MR) is 89.4 cm³/mol. The molecular weight excluding hydrogens is 362 g/mol. The first-order chi connectivity index (χ1) is 12.9. The van der Waals surface area contributed by atoms with Crippen molar-refractivity contribution < 1.29 is 17.6 Å². The van der Waals surface area contributed by atoms with Crippen LogP contribution in [0.4, 0.5) is 17.6 Å². The van der Waals surface area contributed by atoms with E-state index in [1.54, 1.807) is 12.1 Å². The van der Waals surface area contributed by atoms with Gasteiger partial charge in [0.15, 0.2) is 5.69 Å². The second-order valence-corrected chi connectivity index (χ2v) is 6.74. The third kappa shape index (κ3) is 3.78. The van der Waals surface area contributed by atoms with Gasteiger partial charge in [0.25, 0.3) is 5.78 Å². The van der Waals surface area contributed by atoms with Gasteiger partial charge < -0.3 is 0 Å². The molecule has 1 aliphatic heterocycles. The van der Waals surface area contributed by atoms with Crippen molar-refractivity contribution in [2.24, 2.45) is 0 Å². The normalized spacial score (nSPS) is 18.9. The summed E-state index contributed by atoms with van der Waals surface area (Å²) < 4.78 is 53.9. The van der Waals surface area contributed by atoms with Gasteiger partial charge in [-0.15, -0.1) is 0 Å². The van der Waals surface area contributed by atoms with Crippen LogP contribution in [0.2, 0.25) is 0 Å². The fourth-order valence-electron chi connectivity index (χ4n) is 3.53. The first kappa shape index (κ1) is 17.8. The van der Waals surface area contributed by atoms with E-state index in [4.69, 9.17) is 0 Å². The molecule has 3 heterocycles. The largest absolute Gasteiger partial charge is 0.433 e. The molecule has 3 aromatic rings. The third-order valence-electron chi connectivity index (χ3n) is 4.81. The Labute approximate surface area is 152 Å². The first-order valence-electron chi connectivity index (χ1n) is 8.65. The van der Waals surface area contributed by atoms with Crippen molar-refractivity contribution in [1.82, 2.24) is 24.5 Å². The van der Waals surface area contributed by atoms with Gasteiger partial charge in [-0.1, -0.05) is 12.1 Å². The molecule has 1 unspecified atom stereocenters. The smallest absolute Gasteiger partial charge is 0.298 e. The van der Waals surface area contributed by atoms with Gasteiger partial charge in [0.1, 0.15) is 12.1 Å². The lowest BCUT2D eigenvalue weighted by atomic mass is 9.93. The van der Waals surface area contributed by atoms with Crippen molar-refractivity contribution in [3.8, 4) is 0 Å². The molecule has 142 valence electrons. The monoisotopic (exact) mass is 379 g/mol. The van der Waals surface area contributed by atoms with Crippen molar-refractivity contribution in [2.45, 2.75) is 31.5 Å². The number of likely N-dealkylation sites (tertiary alicyclic amines) is 1. The zero-order chi connectivity index (χ0) is 19.0. The summed E-state index contributed by atoms with van der Waals surface area (Å²) in [5, 5.41) is 3.63. The van der Waals surface area contributed by atoms with Crippen molar-refractivity contribution in [3.05, 3.63) is 59.4 Å². The molecule has 0 saturated carbocycles. The van der Waals surface area contributed by atoms with E-state index in [0.717, 1.165) is 41.9 Å². The summed E-state index contributed by atoms with van der Waals surface area (Å²) in [6.45, 7) is 2.05. The van der Waals surface area contributed by atoms with Crippen molar-refractivity contribution in [2.75, 3.05) is 13.1 Å². The lowest BCUT2D eigenvalue weighted by Crippen LogP contribution is -2.34. The zero-order valence-electron chi connectivity index (χ0n) is 14.3. The fraction of sp³-hybridized carbons (Fsp3) is 0.389. The number of aromatic nitrogens is 4. The van der Waals surface area contributed by atoms with Crippen LogP contribution >= 0.6 is 0 Å². The van der Waals surface area contributed by atoms with Gasteiger partial charge in [-0.2, -0.15) is 27.8 Å². The number of nitrogens with zero attached hydrogens (tertiary/aromatic N) is 5. The number of fused-ring (bicyclic) bond motifs is 1. The quantitative estimate of drug-likeness (QED) is 0.652. The second kappa shape index (κ2) is 6.88. The Kier molecular flexibility index (Phi) is 4.55. The standard InChI is InChI=1S/C18H17F4N5/c19-14-5-3-12(4-6-14)9-26-7-1-2-13(10-26)15-8-16(18(20,21)22)27-17(25-15)23-11-24-27/h3-6,8,11,13H,1-2,7,9-10H2. The van der Waals surface area contributed by atoms with Gasteiger partial charge in [-0.05, 0) is 43.1 Å². The topological polar surface area (TPSA) is 46.3 Å². The van der Waals surface area contributed by atoms with E-state index >= 15 is 0 Å². The number of halogens is 4. The van der Waals surface area contributed by atoms with E-state index < -0.39 is 11.9 Å².